The zero-order valence-electron chi connectivity index (χ0n) is 8.05. The first kappa shape index (κ1) is 8.54. The van der Waals surface area contributed by atoms with Crippen molar-refractivity contribution in [2.75, 3.05) is 18.0 Å². The number of anilines is 1. The predicted molar refractivity (Wildman–Crippen MR) is 52.4 cm³/mol. The van der Waals surface area contributed by atoms with Crippen molar-refractivity contribution in [3.63, 3.8) is 0 Å². The van der Waals surface area contributed by atoms with Gasteiger partial charge in [-0.2, -0.15) is 0 Å². The smallest absolute Gasteiger partial charge is 0.123 e. The molecule has 0 atom stereocenters. The lowest BCUT2D eigenvalue weighted by atomic mass is 9.84. The summed E-state index contributed by atoms with van der Waals surface area (Å²) in [6, 6.07) is 6.70. The lowest BCUT2D eigenvalue weighted by Gasteiger charge is -2.47. The fourth-order valence-electron chi connectivity index (χ4n) is 1.82. The Bertz CT molecular complexity index is 294. The molecule has 0 radical (unpaired) electrons. The quantitative estimate of drug-likeness (QED) is 0.640. The molecule has 70 valence electrons. The van der Waals surface area contributed by atoms with Crippen molar-refractivity contribution < 1.29 is 4.39 Å². The van der Waals surface area contributed by atoms with Crippen molar-refractivity contribution in [2.24, 2.45) is 5.41 Å². The Morgan fingerprint density at radius 2 is 1.69 bits per heavy atom. The van der Waals surface area contributed by atoms with Crippen molar-refractivity contribution in [3.8, 4) is 0 Å². The Kier molecular flexibility index (Phi) is 1.79. The van der Waals surface area contributed by atoms with Gasteiger partial charge in [0.1, 0.15) is 5.82 Å². The Hall–Kier alpha value is -1.05. The van der Waals surface area contributed by atoms with Gasteiger partial charge in [0.2, 0.25) is 0 Å². The molecule has 0 aliphatic carbocycles. The molecular weight excluding hydrogens is 165 g/mol. The normalized spacial score (nSPS) is 19.8. The van der Waals surface area contributed by atoms with Crippen LogP contribution in [0.5, 0.6) is 0 Å². The summed E-state index contributed by atoms with van der Waals surface area (Å²) >= 11 is 0. The first-order valence-electron chi connectivity index (χ1n) is 4.57. The first-order chi connectivity index (χ1) is 6.07. The summed E-state index contributed by atoms with van der Waals surface area (Å²) in [5.41, 5.74) is 1.55. The van der Waals surface area contributed by atoms with Crippen LogP contribution in [-0.2, 0) is 0 Å². The van der Waals surface area contributed by atoms with E-state index < -0.39 is 0 Å². The Labute approximate surface area is 78.2 Å². The molecule has 1 saturated heterocycles. The van der Waals surface area contributed by atoms with Gasteiger partial charge in [-0.25, -0.2) is 4.39 Å². The molecule has 1 nitrogen and oxygen atoms in total. The third-order valence-corrected chi connectivity index (χ3v) is 2.43. The summed E-state index contributed by atoms with van der Waals surface area (Å²) in [5.74, 6) is -0.163. The van der Waals surface area contributed by atoms with Crippen molar-refractivity contribution in [2.45, 2.75) is 13.8 Å². The summed E-state index contributed by atoms with van der Waals surface area (Å²) in [5, 5.41) is 0. The molecule has 1 fully saturated rings. The molecular formula is C11H14FN. The molecule has 2 rings (SSSR count). The van der Waals surface area contributed by atoms with Crippen LogP contribution in [0, 0.1) is 11.2 Å². The first-order valence-corrected chi connectivity index (χ1v) is 4.57. The largest absolute Gasteiger partial charge is 0.370 e. The molecule has 0 aromatic heterocycles. The van der Waals surface area contributed by atoms with Crippen LogP contribution in [-0.4, -0.2) is 13.1 Å². The highest BCUT2D eigenvalue weighted by molar-refractivity contribution is 5.49. The average molecular weight is 179 g/mol. The van der Waals surface area contributed by atoms with Crippen LogP contribution in [0.2, 0.25) is 0 Å². The van der Waals surface area contributed by atoms with Crippen molar-refractivity contribution in [3.05, 3.63) is 30.1 Å². The molecule has 13 heavy (non-hydrogen) atoms. The Balaban J connectivity index is 2.08. The minimum absolute atomic E-state index is 0.163. The number of benzene rings is 1. The number of rotatable bonds is 1. The monoisotopic (exact) mass is 179 g/mol. The summed E-state index contributed by atoms with van der Waals surface area (Å²) in [6.07, 6.45) is 0. The van der Waals surface area contributed by atoms with Gasteiger partial charge in [-0.15, -0.1) is 0 Å². The van der Waals surface area contributed by atoms with Gasteiger partial charge >= 0.3 is 0 Å². The van der Waals surface area contributed by atoms with Crippen molar-refractivity contribution in [1.29, 1.82) is 0 Å². The number of hydrogen-bond donors (Lipinski definition) is 0. The molecule has 1 aromatic carbocycles. The maximum Gasteiger partial charge on any atom is 0.123 e. The van der Waals surface area contributed by atoms with E-state index in [1.165, 1.54) is 12.1 Å². The maximum atomic E-state index is 12.6. The maximum absolute atomic E-state index is 12.6. The van der Waals surface area contributed by atoms with Gasteiger partial charge in [0.15, 0.2) is 0 Å². The van der Waals surface area contributed by atoms with Crippen LogP contribution in [0.3, 0.4) is 0 Å². The Morgan fingerprint density at radius 1 is 1.15 bits per heavy atom. The molecule has 0 bridgehead atoms. The summed E-state index contributed by atoms with van der Waals surface area (Å²) < 4.78 is 12.6. The van der Waals surface area contributed by atoms with Gasteiger partial charge in [0, 0.05) is 18.8 Å². The van der Waals surface area contributed by atoms with Crippen LogP contribution in [0.4, 0.5) is 10.1 Å². The number of hydrogen-bond acceptors (Lipinski definition) is 1. The third kappa shape index (κ3) is 1.67. The zero-order chi connectivity index (χ0) is 9.47. The van der Waals surface area contributed by atoms with Gasteiger partial charge < -0.3 is 4.90 Å². The lowest BCUT2D eigenvalue weighted by Crippen LogP contribution is -2.53. The Morgan fingerprint density at radius 3 is 2.15 bits per heavy atom. The predicted octanol–water partition coefficient (Wildman–Crippen LogP) is 2.67. The molecule has 0 spiro atoms. The standard InChI is InChI=1S/C11H14FN/c1-11(2)7-13(8-11)10-5-3-9(12)4-6-10/h3-6H,7-8H2,1-2H3. The van der Waals surface area contributed by atoms with Gasteiger partial charge in [0.05, 0.1) is 0 Å². The van der Waals surface area contributed by atoms with E-state index in [1.54, 1.807) is 0 Å². The van der Waals surface area contributed by atoms with Crippen LogP contribution in [0.25, 0.3) is 0 Å². The molecule has 1 aliphatic heterocycles. The van der Waals surface area contributed by atoms with E-state index >= 15 is 0 Å². The van der Waals surface area contributed by atoms with Gasteiger partial charge in [-0.05, 0) is 29.7 Å². The van der Waals surface area contributed by atoms with Crippen LogP contribution < -0.4 is 4.90 Å². The molecule has 0 unspecified atom stereocenters. The van der Waals surface area contributed by atoms with E-state index in [1.807, 2.05) is 12.1 Å². The minimum atomic E-state index is -0.163. The SMILES string of the molecule is CC1(C)CN(c2ccc(F)cc2)C1. The number of halogens is 1. The van der Waals surface area contributed by atoms with Gasteiger partial charge in [0.25, 0.3) is 0 Å². The molecule has 1 aromatic rings. The van der Waals surface area contributed by atoms with Crippen LogP contribution in [0.1, 0.15) is 13.8 Å². The van der Waals surface area contributed by atoms with E-state index in [4.69, 9.17) is 0 Å². The highest BCUT2D eigenvalue weighted by atomic mass is 19.1. The number of nitrogens with zero attached hydrogens (tertiary/aromatic N) is 1. The molecule has 0 N–H and O–H groups in total. The van der Waals surface area contributed by atoms with E-state index in [2.05, 4.69) is 18.7 Å². The highest BCUT2D eigenvalue weighted by Crippen LogP contribution is 2.33. The fraction of sp³-hybridized carbons (Fsp3) is 0.455. The molecule has 0 amide bonds. The minimum Gasteiger partial charge on any atom is -0.370 e. The summed E-state index contributed by atoms with van der Waals surface area (Å²) in [6.45, 7) is 6.62. The average Bonchev–Trinajstić information content (AvgIpc) is 2.01. The van der Waals surface area contributed by atoms with E-state index in [0.29, 0.717) is 5.41 Å². The molecule has 1 heterocycles. The second kappa shape index (κ2) is 2.72. The topological polar surface area (TPSA) is 3.24 Å². The lowest BCUT2D eigenvalue weighted by molar-refractivity contribution is 0.276. The zero-order valence-corrected chi connectivity index (χ0v) is 8.05. The summed E-state index contributed by atoms with van der Waals surface area (Å²) in [4.78, 5) is 2.26. The second-order valence-electron chi connectivity index (χ2n) is 4.50. The van der Waals surface area contributed by atoms with Gasteiger partial charge in [-0.1, -0.05) is 13.8 Å². The van der Waals surface area contributed by atoms with Crippen molar-refractivity contribution >= 4 is 5.69 Å². The highest BCUT2D eigenvalue weighted by Gasteiger charge is 2.33. The van der Waals surface area contributed by atoms with E-state index in [0.717, 1.165) is 18.8 Å². The third-order valence-electron chi connectivity index (χ3n) is 2.43. The van der Waals surface area contributed by atoms with E-state index in [9.17, 15) is 4.39 Å². The molecule has 2 heteroatoms. The van der Waals surface area contributed by atoms with Crippen LogP contribution in [0.15, 0.2) is 24.3 Å². The van der Waals surface area contributed by atoms with E-state index in [-0.39, 0.29) is 5.82 Å². The summed E-state index contributed by atoms with van der Waals surface area (Å²) in [7, 11) is 0. The second-order valence-corrected chi connectivity index (χ2v) is 4.50. The fourth-order valence-corrected chi connectivity index (χ4v) is 1.82. The van der Waals surface area contributed by atoms with Gasteiger partial charge in [-0.3, -0.25) is 0 Å². The van der Waals surface area contributed by atoms with Crippen LogP contribution >= 0.6 is 0 Å². The molecule has 0 saturated carbocycles. The van der Waals surface area contributed by atoms with Crippen molar-refractivity contribution in [1.82, 2.24) is 0 Å². The molecule has 1 aliphatic rings.